The number of nitrogens with one attached hydrogen (secondary N) is 1. The minimum atomic E-state index is 0.995. The first-order valence-electron chi connectivity index (χ1n) is 3.59. The molecule has 1 fully saturated rings. The topological polar surface area (TPSA) is 12.0 Å². The molecule has 0 radical (unpaired) electrons. The normalized spacial score (nSPS) is 20.6. The lowest BCUT2D eigenvalue weighted by molar-refractivity contribution is 0.915. The predicted molar refractivity (Wildman–Crippen MR) is 47.8 cm³/mol. The Balaban J connectivity index is 2.60. The van der Waals surface area contributed by atoms with Crippen LogP contribution >= 0.6 is 0 Å². The Labute approximate surface area is 67.5 Å². The first-order chi connectivity index (χ1) is 5.34. The van der Waals surface area contributed by atoms with Crippen LogP contribution in [0.3, 0.4) is 0 Å². The van der Waals surface area contributed by atoms with E-state index in [0.29, 0.717) is 0 Å². The fraction of sp³-hybridized carbons (Fsp3) is 0.200. The molecule has 0 aliphatic carbocycles. The van der Waals surface area contributed by atoms with Gasteiger partial charge >= 0.3 is 0 Å². The molecular weight excluding hydrogens is 134 g/mol. The highest BCUT2D eigenvalue weighted by molar-refractivity contribution is 5.34. The first kappa shape index (κ1) is 7.68. The van der Waals surface area contributed by atoms with E-state index in [4.69, 9.17) is 6.42 Å². The van der Waals surface area contributed by atoms with Gasteiger partial charge in [-0.05, 0) is 24.1 Å². The van der Waals surface area contributed by atoms with Gasteiger partial charge in [0, 0.05) is 12.2 Å². The van der Waals surface area contributed by atoms with Crippen molar-refractivity contribution >= 4 is 0 Å². The fourth-order valence-corrected chi connectivity index (χ4v) is 0.984. The van der Waals surface area contributed by atoms with Crippen LogP contribution in [0.2, 0.25) is 0 Å². The van der Waals surface area contributed by atoms with Gasteiger partial charge in [0.15, 0.2) is 0 Å². The molecule has 0 saturated carbocycles. The molecule has 11 heavy (non-hydrogen) atoms. The van der Waals surface area contributed by atoms with Crippen LogP contribution in [0.1, 0.15) is 6.42 Å². The van der Waals surface area contributed by atoms with Gasteiger partial charge in [0.1, 0.15) is 0 Å². The molecular formula is C10H11N. The molecule has 0 spiro atoms. The van der Waals surface area contributed by atoms with Gasteiger partial charge in [-0.25, -0.2) is 0 Å². The van der Waals surface area contributed by atoms with E-state index in [2.05, 4.69) is 17.8 Å². The molecule has 0 atom stereocenters. The Morgan fingerprint density at radius 3 is 3.00 bits per heavy atom. The molecule has 1 aliphatic heterocycles. The maximum atomic E-state index is 5.04. The monoisotopic (exact) mass is 145 g/mol. The summed E-state index contributed by atoms with van der Waals surface area (Å²) in [7, 11) is 0. The van der Waals surface area contributed by atoms with Crippen molar-refractivity contribution in [3.05, 3.63) is 36.1 Å². The highest BCUT2D eigenvalue weighted by Crippen LogP contribution is 2.14. The molecule has 0 amide bonds. The van der Waals surface area contributed by atoms with Crippen molar-refractivity contribution in [2.24, 2.45) is 0 Å². The van der Waals surface area contributed by atoms with Crippen molar-refractivity contribution in [3.63, 3.8) is 0 Å². The van der Waals surface area contributed by atoms with E-state index >= 15 is 0 Å². The zero-order chi connectivity index (χ0) is 8.10. The zero-order valence-corrected chi connectivity index (χ0v) is 6.43. The van der Waals surface area contributed by atoms with Crippen LogP contribution < -0.4 is 5.32 Å². The zero-order valence-electron chi connectivity index (χ0n) is 6.43. The van der Waals surface area contributed by atoms with Crippen molar-refractivity contribution in [1.82, 2.24) is 5.32 Å². The summed E-state index contributed by atoms with van der Waals surface area (Å²) < 4.78 is 0. The summed E-state index contributed by atoms with van der Waals surface area (Å²) in [5.41, 5.74) is 2.27. The van der Waals surface area contributed by atoms with Crippen molar-refractivity contribution in [3.8, 4) is 12.3 Å². The lowest BCUT2D eigenvalue weighted by Gasteiger charge is -1.95. The molecule has 1 heterocycles. The highest BCUT2D eigenvalue weighted by atomic mass is 14.9. The van der Waals surface area contributed by atoms with Gasteiger partial charge < -0.3 is 5.32 Å². The Kier molecular flexibility index (Phi) is 2.57. The molecule has 0 aromatic rings. The van der Waals surface area contributed by atoms with Gasteiger partial charge in [-0.3, -0.25) is 0 Å². The number of terminal acetylenes is 1. The summed E-state index contributed by atoms with van der Waals surface area (Å²) in [4.78, 5) is 0. The molecule has 1 N–H and O–H groups in total. The van der Waals surface area contributed by atoms with E-state index in [1.807, 2.05) is 12.2 Å². The summed E-state index contributed by atoms with van der Waals surface area (Å²) in [6.07, 6.45) is 11.5. The average molecular weight is 145 g/mol. The van der Waals surface area contributed by atoms with Gasteiger partial charge in [0.25, 0.3) is 0 Å². The number of rotatable bonds is 1. The number of hydrogen-bond donors (Lipinski definition) is 1. The SMILES string of the molecule is C#C/C=C\C=C1\NCCC1=C. The molecule has 1 saturated heterocycles. The van der Waals surface area contributed by atoms with E-state index in [-0.39, 0.29) is 0 Å². The van der Waals surface area contributed by atoms with Crippen molar-refractivity contribution in [2.75, 3.05) is 6.54 Å². The minimum Gasteiger partial charge on any atom is -0.385 e. The lowest BCUT2D eigenvalue weighted by Crippen LogP contribution is -2.02. The third kappa shape index (κ3) is 2.01. The van der Waals surface area contributed by atoms with Gasteiger partial charge in [-0.2, -0.15) is 0 Å². The van der Waals surface area contributed by atoms with Crippen molar-refractivity contribution in [2.45, 2.75) is 6.42 Å². The predicted octanol–water partition coefficient (Wildman–Crippen LogP) is 1.61. The summed E-state index contributed by atoms with van der Waals surface area (Å²) in [6, 6.07) is 0. The van der Waals surface area contributed by atoms with Gasteiger partial charge in [-0.1, -0.05) is 18.6 Å². The average Bonchev–Trinajstić information content (AvgIpc) is 2.37. The second-order valence-corrected chi connectivity index (χ2v) is 2.39. The van der Waals surface area contributed by atoms with Crippen LogP contribution in [0.5, 0.6) is 0 Å². The van der Waals surface area contributed by atoms with E-state index in [9.17, 15) is 0 Å². The van der Waals surface area contributed by atoms with Crippen LogP contribution in [0.15, 0.2) is 36.1 Å². The molecule has 1 heteroatoms. The molecule has 1 nitrogen and oxygen atoms in total. The molecule has 0 unspecified atom stereocenters. The Bertz CT molecular complexity index is 251. The molecule has 0 aromatic heterocycles. The summed E-state index contributed by atoms with van der Waals surface area (Å²) in [5, 5.41) is 3.21. The van der Waals surface area contributed by atoms with E-state index in [0.717, 1.165) is 24.2 Å². The smallest absolute Gasteiger partial charge is 0.0367 e. The highest BCUT2D eigenvalue weighted by Gasteiger charge is 2.07. The third-order valence-corrected chi connectivity index (χ3v) is 1.58. The second kappa shape index (κ2) is 3.68. The van der Waals surface area contributed by atoms with Crippen molar-refractivity contribution < 1.29 is 0 Å². The minimum absolute atomic E-state index is 0.995. The summed E-state index contributed by atoms with van der Waals surface area (Å²) in [6.45, 7) is 4.89. The second-order valence-electron chi connectivity index (χ2n) is 2.39. The van der Waals surface area contributed by atoms with Gasteiger partial charge in [0.2, 0.25) is 0 Å². The quantitative estimate of drug-likeness (QED) is 0.553. The number of hydrogen-bond acceptors (Lipinski definition) is 1. The molecule has 1 aliphatic rings. The largest absolute Gasteiger partial charge is 0.385 e. The van der Waals surface area contributed by atoms with Gasteiger partial charge in [0.05, 0.1) is 0 Å². The Morgan fingerprint density at radius 1 is 1.64 bits per heavy atom. The van der Waals surface area contributed by atoms with E-state index in [1.54, 1.807) is 6.08 Å². The third-order valence-electron chi connectivity index (χ3n) is 1.58. The van der Waals surface area contributed by atoms with Crippen LogP contribution in [0, 0.1) is 12.3 Å². The number of allylic oxidation sites excluding steroid dienone is 4. The molecule has 1 rings (SSSR count). The van der Waals surface area contributed by atoms with Gasteiger partial charge in [-0.15, -0.1) is 6.42 Å². The fourth-order valence-electron chi connectivity index (χ4n) is 0.984. The maximum Gasteiger partial charge on any atom is 0.0367 e. The van der Waals surface area contributed by atoms with Crippen LogP contribution in [-0.4, -0.2) is 6.54 Å². The Morgan fingerprint density at radius 2 is 2.45 bits per heavy atom. The molecule has 0 bridgehead atoms. The summed E-state index contributed by atoms with van der Waals surface area (Å²) >= 11 is 0. The van der Waals surface area contributed by atoms with Crippen molar-refractivity contribution in [1.29, 1.82) is 0 Å². The van der Waals surface area contributed by atoms with E-state index < -0.39 is 0 Å². The molecule has 56 valence electrons. The van der Waals surface area contributed by atoms with Crippen LogP contribution in [0.25, 0.3) is 0 Å². The summed E-state index contributed by atoms with van der Waals surface area (Å²) in [5.74, 6) is 2.42. The standard InChI is InChI=1S/C10H11N/c1-3-4-5-6-10-9(2)7-8-11-10/h1,4-6,11H,2,7-8H2/b5-4-,10-6+. The van der Waals surface area contributed by atoms with Crippen LogP contribution in [-0.2, 0) is 0 Å². The van der Waals surface area contributed by atoms with Crippen LogP contribution in [0.4, 0.5) is 0 Å². The Hall–Kier alpha value is -1.42. The lowest BCUT2D eigenvalue weighted by atomic mass is 10.2. The first-order valence-corrected chi connectivity index (χ1v) is 3.59. The maximum absolute atomic E-state index is 5.04. The molecule has 0 aromatic carbocycles. The van der Waals surface area contributed by atoms with E-state index in [1.165, 1.54) is 0 Å².